The molecule has 4 nitrogen and oxygen atoms in total. The van der Waals surface area contributed by atoms with Gasteiger partial charge in [0.05, 0.1) is 0 Å². The van der Waals surface area contributed by atoms with Crippen molar-refractivity contribution in [2.75, 3.05) is 18.4 Å². The molecule has 1 saturated heterocycles. The van der Waals surface area contributed by atoms with E-state index in [1.165, 1.54) is 44.3 Å². The molecule has 3 aromatic carbocycles. The summed E-state index contributed by atoms with van der Waals surface area (Å²) in [6.45, 7) is 3.84. The van der Waals surface area contributed by atoms with Gasteiger partial charge in [-0.25, -0.2) is 0 Å². The van der Waals surface area contributed by atoms with Gasteiger partial charge in [0.15, 0.2) is 0 Å². The normalized spacial score (nSPS) is 14.6. The Morgan fingerprint density at radius 1 is 0.774 bits per heavy atom. The first-order valence-electron chi connectivity index (χ1n) is 11.2. The summed E-state index contributed by atoms with van der Waals surface area (Å²) in [4.78, 5) is 15.1. The van der Waals surface area contributed by atoms with Crippen LogP contribution in [0.4, 0.5) is 5.69 Å². The molecule has 3 aromatic rings. The molecule has 0 aliphatic carbocycles. The highest BCUT2D eigenvalue weighted by Gasteiger charge is 2.11. The summed E-state index contributed by atoms with van der Waals surface area (Å²) in [5, 5.41) is 2.96. The predicted octanol–water partition coefficient (Wildman–Crippen LogP) is 5.89. The lowest BCUT2D eigenvalue weighted by Crippen LogP contribution is -2.24. The molecule has 0 aromatic heterocycles. The Balaban J connectivity index is 1.28. The molecule has 0 saturated carbocycles. The summed E-state index contributed by atoms with van der Waals surface area (Å²) >= 11 is 0. The van der Waals surface area contributed by atoms with Gasteiger partial charge in [-0.05, 0) is 73.5 Å². The van der Waals surface area contributed by atoms with Crippen LogP contribution in [0.1, 0.15) is 47.2 Å². The number of benzene rings is 3. The fraction of sp³-hybridized carbons (Fsp3) is 0.296. The molecule has 0 bridgehead atoms. The van der Waals surface area contributed by atoms with Crippen molar-refractivity contribution >= 4 is 11.6 Å². The van der Waals surface area contributed by atoms with E-state index in [0.717, 1.165) is 23.5 Å². The molecule has 4 rings (SSSR count). The first-order valence-corrected chi connectivity index (χ1v) is 11.2. The van der Waals surface area contributed by atoms with Gasteiger partial charge in [-0.2, -0.15) is 0 Å². The Labute approximate surface area is 184 Å². The van der Waals surface area contributed by atoms with Crippen molar-refractivity contribution in [1.82, 2.24) is 4.90 Å². The van der Waals surface area contributed by atoms with Gasteiger partial charge < -0.3 is 10.1 Å². The van der Waals surface area contributed by atoms with E-state index in [-0.39, 0.29) is 5.91 Å². The highest BCUT2D eigenvalue weighted by atomic mass is 16.5. The van der Waals surface area contributed by atoms with E-state index < -0.39 is 0 Å². The van der Waals surface area contributed by atoms with Crippen LogP contribution in [0.5, 0.6) is 5.75 Å². The van der Waals surface area contributed by atoms with E-state index in [9.17, 15) is 4.79 Å². The highest BCUT2D eigenvalue weighted by Crippen LogP contribution is 2.19. The minimum absolute atomic E-state index is 0.0979. The highest BCUT2D eigenvalue weighted by molar-refractivity contribution is 6.04. The summed E-state index contributed by atoms with van der Waals surface area (Å²) in [5.41, 5.74) is 3.81. The van der Waals surface area contributed by atoms with Crippen molar-refractivity contribution in [3.05, 3.63) is 95.6 Å². The second-order valence-electron chi connectivity index (χ2n) is 8.14. The molecule has 1 amide bonds. The largest absolute Gasteiger partial charge is 0.489 e. The number of carbonyl (C=O) groups is 1. The van der Waals surface area contributed by atoms with Crippen LogP contribution in [0.2, 0.25) is 0 Å². The van der Waals surface area contributed by atoms with Crippen LogP contribution in [0.25, 0.3) is 0 Å². The standard InChI is InChI=1S/C27H30N2O2/c30-27(24-12-10-22(11-13-24)20-29-18-6-1-2-7-19-29)28-25-14-16-26(17-15-25)31-21-23-8-4-3-5-9-23/h3-5,8-17H,1-2,6-7,18-21H2,(H,28,30). The molecule has 0 atom stereocenters. The van der Waals surface area contributed by atoms with Crippen LogP contribution in [0.3, 0.4) is 0 Å². The summed E-state index contributed by atoms with van der Waals surface area (Å²) < 4.78 is 5.80. The maximum atomic E-state index is 12.6. The topological polar surface area (TPSA) is 41.6 Å². The van der Waals surface area contributed by atoms with Crippen LogP contribution in [-0.2, 0) is 13.2 Å². The molecule has 1 fully saturated rings. The van der Waals surface area contributed by atoms with Crippen LogP contribution < -0.4 is 10.1 Å². The van der Waals surface area contributed by atoms with Gasteiger partial charge in [-0.1, -0.05) is 55.3 Å². The number of rotatable bonds is 7. The number of likely N-dealkylation sites (tertiary alicyclic amines) is 1. The van der Waals surface area contributed by atoms with Gasteiger partial charge in [0.2, 0.25) is 0 Å². The molecule has 160 valence electrons. The fourth-order valence-electron chi connectivity index (χ4n) is 3.89. The number of carbonyl (C=O) groups excluding carboxylic acids is 1. The molecule has 0 spiro atoms. The maximum Gasteiger partial charge on any atom is 0.255 e. The first-order chi connectivity index (χ1) is 15.3. The number of nitrogens with zero attached hydrogens (tertiary/aromatic N) is 1. The fourth-order valence-corrected chi connectivity index (χ4v) is 3.89. The lowest BCUT2D eigenvalue weighted by Gasteiger charge is -2.19. The zero-order valence-electron chi connectivity index (χ0n) is 17.9. The van der Waals surface area contributed by atoms with E-state index in [0.29, 0.717) is 12.2 Å². The van der Waals surface area contributed by atoms with Crippen LogP contribution in [-0.4, -0.2) is 23.9 Å². The smallest absolute Gasteiger partial charge is 0.255 e. The number of nitrogens with one attached hydrogen (secondary N) is 1. The predicted molar refractivity (Wildman–Crippen MR) is 125 cm³/mol. The monoisotopic (exact) mass is 414 g/mol. The van der Waals surface area contributed by atoms with Crippen molar-refractivity contribution in [3.63, 3.8) is 0 Å². The minimum Gasteiger partial charge on any atom is -0.489 e. The quantitative estimate of drug-likeness (QED) is 0.524. The first kappa shape index (κ1) is 21.1. The second kappa shape index (κ2) is 10.8. The van der Waals surface area contributed by atoms with Crippen molar-refractivity contribution in [1.29, 1.82) is 0 Å². The molecule has 0 unspecified atom stereocenters. The lowest BCUT2D eigenvalue weighted by molar-refractivity contribution is 0.102. The third-order valence-corrected chi connectivity index (χ3v) is 5.68. The number of hydrogen-bond acceptors (Lipinski definition) is 3. The summed E-state index contributed by atoms with van der Waals surface area (Å²) in [6, 6.07) is 25.5. The molecule has 31 heavy (non-hydrogen) atoms. The third kappa shape index (κ3) is 6.43. The number of amides is 1. The molecule has 4 heteroatoms. The number of ether oxygens (including phenoxy) is 1. The van der Waals surface area contributed by atoms with E-state index in [1.54, 1.807) is 0 Å². The third-order valence-electron chi connectivity index (χ3n) is 5.68. The van der Waals surface area contributed by atoms with Gasteiger partial charge >= 0.3 is 0 Å². The van der Waals surface area contributed by atoms with E-state index in [4.69, 9.17) is 4.74 Å². The average molecular weight is 415 g/mol. The molecule has 1 aliphatic heterocycles. The van der Waals surface area contributed by atoms with Gasteiger partial charge in [-0.15, -0.1) is 0 Å². The van der Waals surface area contributed by atoms with Crippen LogP contribution >= 0.6 is 0 Å². The molecule has 1 heterocycles. The van der Waals surface area contributed by atoms with E-state index in [2.05, 4.69) is 22.3 Å². The van der Waals surface area contributed by atoms with E-state index >= 15 is 0 Å². The van der Waals surface area contributed by atoms with Gasteiger partial charge in [0.25, 0.3) is 5.91 Å². The molecular formula is C27H30N2O2. The SMILES string of the molecule is O=C(Nc1ccc(OCc2ccccc2)cc1)c1ccc(CN2CCCCCC2)cc1. The Hall–Kier alpha value is -3.11. The maximum absolute atomic E-state index is 12.6. The Morgan fingerprint density at radius 2 is 1.45 bits per heavy atom. The molecular weight excluding hydrogens is 384 g/mol. The van der Waals surface area contributed by atoms with Crippen molar-refractivity contribution < 1.29 is 9.53 Å². The van der Waals surface area contributed by atoms with Crippen LogP contribution in [0.15, 0.2) is 78.9 Å². The van der Waals surface area contributed by atoms with E-state index in [1.807, 2.05) is 66.7 Å². The van der Waals surface area contributed by atoms with Gasteiger partial charge in [0.1, 0.15) is 12.4 Å². The Kier molecular flexibility index (Phi) is 7.35. The summed E-state index contributed by atoms with van der Waals surface area (Å²) in [6.07, 6.45) is 5.26. The number of hydrogen-bond donors (Lipinski definition) is 1. The Bertz CT molecular complexity index is 945. The lowest BCUT2D eigenvalue weighted by atomic mass is 10.1. The summed E-state index contributed by atoms with van der Waals surface area (Å²) in [5.74, 6) is 0.680. The number of anilines is 1. The van der Waals surface area contributed by atoms with Gasteiger partial charge in [0, 0.05) is 17.8 Å². The zero-order valence-corrected chi connectivity index (χ0v) is 17.9. The zero-order chi connectivity index (χ0) is 21.3. The molecule has 1 N–H and O–H groups in total. The second-order valence-corrected chi connectivity index (χ2v) is 8.14. The van der Waals surface area contributed by atoms with Crippen molar-refractivity contribution in [3.8, 4) is 5.75 Å². The minimum atomic E-state index is -0.0979. The van der Waals surface area contributed by atoms with Crippen LogP contribution in [0, 0.1) is 0 Å². The van der Waals surface area contributed by atoms with Crippen molar-refractivity contribution in [2.45, 2.75) is 38.8 Å². The average Bonchev–Trinajstić information content (AvgIpc) is 3.08. The molecule has 1 aliphatic rings. The van der Waals surface area contributed by atoms with Gasteiger partial charge in [-0.3, -0.25) is 9.69 Å². The Morgan fingerprint density at radius 3 is 2.13 bits per heavy atom. The summed E-state index contributed by atoms with van der Waals surface area (Å²) in [7, 11) is 0. The van der Waals surface area contributed by atoms with Crippen molar-refractivity contribution in [2.24, 2.45) is 0 Å². The molecule has 0 radical (unpaired) electrons.